The highest BCUT2D eigenvalue weighted by Gasteiger charge is 2.82. The van der Waals surface area contributed by atoms with Crippen LogP contribution in [-0.4, -0.2) is 36.0 Å². The third kappa shape index (κ3) is 1.61. The lowest BCUT2D eigenvalue weighted by molar-refractivity contribution is -0.122. The fraction of sp³-hybridized carbons (Fsp3) is 0.900. The minimum absolute atomic E-state index is 0.152. The van der Waals surface area contributed by atoms with Crippen LogP contribution in [0.2, 0.25) is 0 Å². The molecule has 2 aliphatic rings. The Morgan fingerprint density at radius 1 is 1.69 bits per heavy atom. The van der Waals surface area contributed by atoms with E-state index in [4.69, 9.17) is 16.3 Å². The van der Waals surface area contributed by atoms with E-state index in [1.165, 1.54) is 6.92 Å². The molecule has 0 aromatic rings. The first kappa shape index (κ1) is 12.0. The smallest absolute Gasteiger partial charge is 0.284 e. The molecule has 16 heavy (non-hydrogen) atoms. The highest BCUT2D eigenvalue weighted by atomic mass is 35.5. The second kappa shape index (κ2) is 3.81. The third-order valence-corrected chi connectivity index (χ3v) is 3.56. The molecule has 2 rings (SSSR count). The molecule has 0 aromatic carbocycles. The van der Waals surface area contributed by atoms with Crippen molar-refractivity contribution in [1.82, 2.24) is 5.32 Å². The van der Waals surface area contributed by atoms with Crippen molar-refractivity contribution < 1.29 is 18.3 Å². The molecular formula is C10H14ClF2NO2. The van der Waals surface area contributed by atoms with Gasteiger partial charge in [0.25, 0.3) is 5.92 Å². The van der Waals surface area contributed by atoms with Crippen LogP contribution >= 0.6 is 11.6 Å². The van der Waals surface area contributed by atoms with Gasteiger partial charge in [-0.2, -0.15) is 0 Å². The predicted molar refractivity (Wildman–Crippen MR) is 54.7 cm³/mol. The van der Waals surface area contributed by atoms with E-state index in [-0.39, 0.29) is 6.54 Å². The largest absolute Gasteiger partial charge is 0.366 e. The Balaban J connectivity index is 1.96. The van der Waals surface area contributed by atoms with Gasteiger partial charge in [0.05, 0.1) is 12.5 Å². The molecule has 1 aliphatic carbocycles. The number of hydrogen-bond acceptors (Lipinski definition) is 2. The second-order valence-electron chi connectivity index (χ2n) is 4.39. The summed E-state index contributed by atoms with van der Waals surface area (Å²) in [5.74, 6) is -4.00. The zero-order chi connectivity index (χ0) is 12.0. The molecule has 3 atom stereocenters. The lowest BCUT2D eigenvalue weighted by Crippen LogP contribution is -2.42. The van der Waals surface area contributed by atoms with Crippen LogP contribution in [0.5, 0.6) is 0 Å². The summed E-state index contributed by atoms with van der Waals surface area (Å²) in [6.07, 6.45) is 1.11. The van der Waals surface area contributed by atoms with Gasteiger partial charge in [-0.05, 0) is 19.8 Å². The van der Waals surface area contributed by atoms with Crippen LogP contribution in [-0.2, 0) is 9.53 Å². The maximum Gasteiger partial charge on any atom is 0.284 e. The molecule has 2 fully saturated rings. The van der Waals surface area contributed by atoms with E-state index in [0.29, 0.717) is 19.4 Å². The summed E-state index contributed by atoms with van der Waals surface area (Å²) in [6, 6.07) is 0. The van der Waals surface area contributed by atoms with E-state index in [1.54, 1.807) is 0 Å². The van der Waals surface area contributed by atoms with E-state index in [9.17, 15) is 13.6 Å². The molecule has 1 aliphatic heterocycles. The van der Waals surface area contributed by atoms with Crippen molar-refractivity contribution in [1.29, 1.82) is 0 Å². The van der Waals surface area contributed by atoms with Crippen molar-refractivity contribution in [2.24, 2.45) is 5.92 Å². The van der Waals surface area contributed by atoms with Crippen LogP contribution in [0.3, 0.4) is 0 Å². The summed E-state index contributed by atoms with van der Waals surface area (Å²) in [5, 5.41) is 1.70. The van der Waals surface area contributed by atoms with Crippen LogP contribution < -0.4 is 5.32 Å². The number of fused-ring (bicyclic) bond motifs is 1. The number of carbonyl (C=O) groups excluding carboxylic acids is 1. The van der Waals surface area contributed by atoms with Gasteiger partial charge in [-0.15, -0.1) is 11.6 Å². The first-order valence-corrected chi connectivity index (χ1v) is 5.79. The van der Waals surface area contributed by atoms with Gasteiger partial charge in [0, 0.05) is 6.61 Å². The van der Waals surface area contributed by atoms with Gasteiger partial charge >= 0.3 is 0 Å². The number of ether oxygens (including phenoxy) is 1. The molecule has 1 heterocycles. The van der Waals surface area contributed by atoms with E-state index in [2.05, 4.69) is 5.32 Å². The topological polar surface area (TPSA) is 38.3 Å². The number of rotatable bonds is 3. The van der Waals surface area contributed by atoms with Crippen molar-refractivity contribution in [3.63, 3.8) is 0 Å². The molecule has 1 unspecified atom stereocenters. The molecule has 1 amide bonds. The Kier molecular flexibility index (Phi) is 2.87. The van der Waals surface area contributed by atoms with Crippen LogP contribution in [0.4, 0.5) is 8.78 Å². The Labute approximate surface area is 97.5 Å². The minimum atomic E-state index is -2.81. The first-order valence-electron chi connectivity index (χ1n) is 5.35. The van der Waals surface area contributed by atoms with E-state index in [0.717, 1.165) is 0 Å². The van der Waals surface area contributed by atoms with Crippen LogP contribution in [0, 0.1) is 5.92 Å². The molecule has 0 radical (unpaired) electrons. The molecule has 6 heteroatoms. The first-order chi connectivity index (χ1) is 7.42. The SMILES string of the molecule is CC(Cl)C(=O)NC[C@]12OCCC[C@H]1C2(F)F. The molecule has 0 aromatic heterocycles. The summed E-state index contributed by atoms with van der Waals surface area (Å²) in [6.45, 7) is 1.68. The fourth-order valence-corrected chi connectivity index (χ4v) is 2.39. The van der Waals surface area contributed by atoms with Crippen LogP contribution in [0.1, 0.15) is 19.8 Å². The third-order valence-electron chi connectivity index (χ3n) is 3.36. The van der Waals surface area contributed by atoms with E-state index in [1.807, 2.05) is 0 Å². The Hall–Kier alpha value is -0.420. The molecular weight excluding hydrogens is 240 g/mol. The number of hydrogen-bond donors (Lipinski definition) is 1. The molecule has 1 saturated heterocycles. The molecule has 1 N–H and O–H groups in total. The van der Waals surface area contributed by atoms with Crippen LogP contribution in [0.25, 0.3) is 0 Å². The quantitative estimate of drug-likeness (QED) is 0.775. The van der Waals surface area contributed by atoms with Gasteiger partial charge in [-0.3, -0.25) is 4.79 Å². The average Bonchev–Trinajstić information content (AvgIpc) is 2.74. The number of alkyl halides is 3. The minimum Gasteiger partial charge on any atom is -0.366 e. The summed E-state index contributed by atoms with van der Waals surface area (Å²) >= 11 is 5.54. The zero-order valence-electron chi connectivity index (χ0n) is 8.93. The second-order valence-corrected chi connectivity index (χ2v) is 5.04. The Bertz CT molecular complexity index is 311. The summed E-state index contributed by atoms with van der Waals surface area (Å²) in [7, 11) is 0. The fourth-order valence-electron chi connectivity index (χ4n) is 2.31. The average molecular weight is 254 g/mol. The normalized spacial score (nSPS) is 37.4. The van der Waals surface area contributed by atoms with Crippen molar-refractivity contribution in [2.75, 3.05) is 13.2 Å². The van der Waals surface area contributed by atoms with E-state index < -0.39 is 28.7 Å². The Morgan fingerprint density at radius 2 is 2.38 bits per heavy atom. The van der Waals surface area contributed by atoms with Gasteiger partial charge in [0.15, 0.2) is 5.60 Å². The van der Waals surface area contributed by atoms with Crippen molar-refractivity contribution >= 4 is 17.5 Å². The van der Waals surface area contributed by atoms with Gasteiger partial charge in [0.2, 0.25) is 5.91 Å². The number of halogens is 3. The van der Waals surface area contributed by atoms with Crippen molar-refractivity contribution in [3.8, 4) is 0 Å². The standard InChI is InChI=1S/C10H14ClF2NO2/c1-6(11)8(15)14-5-9-7(10(9,12)13)3-2-4-16-9/h6-7H,2-5H2,1H3,(H,14,15)/t6?,7-,9+/m1/s1. The zero-order valence-corrected chi connectivity index (χ0v) is 9.69. The molecule has 0 spiro atoms. The highest BCUT2D eigenvalue weighted by Crippen LogP contribution is 2.64. The van der Waals surface area contributed by atoms with Crippen molar-refractivity contribution in [2.45, 2.75) is 36.7 Å². The van der Waals surface area contributed by atoms with Gasteiger partial charge in [-0.25, -0.2) is 8.78 Å². The van der Waals surface area contributed by atoms with Gasteiger partial charge in [0.1, 0.15) is 5.38 Å². The highest BCUT2D eigenvalue weighted by molar-refractivity contribution is 6.30. The van der Waals surface area contributed by atoms with Crippen molar-refractivity contribution in [3.05, 3.63) is 0 Å². The van der Waals surface area contributed by atoms with Gasteiger partial charge < -0.3 is 10.1 Å². The summed E-state index contributed by atoms with van der Waals surface area (Å²) in [5.41, 5.74) is -1.47. The number of carbonyl (C=O) groups is 1. The number of nitrogens with one attached hydrogen (secondary N) is 1. The summed E-state index contributed by atoms with van der Waals surface area (Å²) in [4.78, 5) is 11.2. The maximum absolute atomic E-state index is 13.5. The van der Waals surface area contributed by atoms with Gasteiger partial charge in [-0.1, -0.05) is 0 Å². The lowest BCUT2D eigenvalue weighted by Gasteiger charge is -2.22. The number of amides is 1. The summed E-state index contributed by atoms with van der Waals surface area (Å²) < 4.78 is 32.2. The maximum atomic E-state index is 13.5. The monoisotopic (exact) mass is 253 g/mol. The molecule has 1 saturated carbocycles. The molecule has 3 nitrogen and oxygen atoms in total. The molecule has 0 bridgehead atoms. The van der Waals surface area contributed by atoms with E-state index >= 15 is 0 Å². The Morgan fingerprint density at radius 3 is 2.94 bits per heavy atom. The molecule has 92 valence electrons. The predicted octanol–water partition coefficient (Wildman–Crippen LogP) is 1.54. The van der Waals surface area contributed by atoms with Crippen LogP contribution in [0.15, 0.2) is 0 Å². The lowest BCUT2D eigenvalue weighted by atomic mass is 10.1.